The van der Waals surface area contributed by atoms with E-state index in [4.69, 9.17) is 9.47 Å². The highest BCUT2D eigenvalue weighted by atomic mass is 79.9. The first-order valence-corrected chi connectivity index (χ1v) is 11.1. The zero-order valence-corrected chi connectivity index (χ0v) is 19.7. The summed E-state index contributed by atoms with van der Waals surface area (Å²) in [5.41, 5.74) is 2.98. The standard InChI is InChI=1S/C26H21BrN2O4/c1-3-33-22-14-12-21(13-15-22)29-24(18-8-10-20(27)11-9-18)28-23(25(29)30)16-17-4-6-19(7-5-17)26(31)32-2/h4-16H,3H2,1-2H3/b23-16+. The molecule has 6 nitrogen and oxygen atoms in total. The molecule has 0 aliphatic carbocycles. The van der Waals surface area contributed by atoms with E-state index in [1.165, 1.54) is 7.11 Å². The van der Waals surface area contributed by atoms with Gasteiger partial charge in [-0.15, -0.1) is 0 Å². The summed E-state index contributed by atoms with van der Waals surface area (Å²) in [6, 6.07) is 21.8. The van der Waals surface area contributed by atoms with Crippen LogP contribution >= 0.6 is 15.9 Å². The number of aliphatic imine (C=N–C) groups is 1. The Morgan fingerprint density at radius 2 is 1.67 bits per heavy atom. The molecule has 0 spiro atoms. The van der Waals surface area contributed by atoms with Gasteiger partial charge in [0, 0.05) is 10.0 Å². The second-order valence-corrected chi connectivity index (χ2v) is 8.07. The summed E-state index contributed by atoms with van der Waals surface area (Å²) < 4.78 is 11.2. The summed E-state index contributed by atoms with van der Waals surface area (Å²) >= 11 is 3.45. The van der Waals surface area contributed by atoms with E-state index in [2.05, 4.69) is 20.9 Å². The molecule has 0 unspecified atom stereocenters. The molecule has 0 aromatic heterocycles. The fourth-order valence-corrected chi connectivity index (χ4v) is 3.66. The van der Waals surface area contributed by atoms with E-state index in [1.807, 2.05) is 55.5 Å². The molecule has 1 heterocycles. The van der Waals surface area contributed by atoms with E-state index in [0.717, 1.165) is 21.3 Å². The lowest BCUT2D eigenvalue weighted by atomic mass is 10.1. The van der Waals surface area contributed by atoms with Crippen molar-refractivity contribution in [3.05, 3.63) is 99.7 Å². The number of hydrogen-bond acceptors (Lipinski definition) is 5. The lowest BCUT2D eigenvalue weighted by Gasteiger charge is -2.19. The van der Waals surface area contributed by atoms with Crippen molar-refractivity contribution in [1.82, 2.24) is 0 Å². The van der Waals surface area contributed by atoms with Crippen molar-refractivity contribution in [2.45, 2.75) is 6.92 Å². The number of carbonyl (C=O) groups excluding carboxylic acids is 2. The van der Waals surface area contributed by atoms with E-state index in [0.29, 0.717) is 29.4 Å². The highest BCUT2D eigenvalue weighted by Gasteiger charge is 2.32. The van der Waals surface area contributed by atoms with Crippen LogP contribution in [0.15, 0.2) is 88.0 Å². The van der Waals surface area contributed by atoms with Gasteiger partial charge in [-0.25, -0.2) is 9.79 Å². The lowest BCUT2D eigenvalue weighted by Crippen LogP contribution is -2.32. The number of benzene rings is 3. The average molecular weight is 505 g/mol. The van der Waals surface area contributed by atoms with Gasteiger partial charge >= 0.3 is 5.97 Å². The number of carbonyl (C=O) groups is 2. The third kappa shape index (κ3) is 4.88. The van der Waals surface area contributed by atoms with Gasteiger partial charge in [0.05, 0.1) is 25.0 Å². The maximum absolute atomic E-state index is 13.4. The number of esters is 1. The molecule has 1 aliphatic rings. The van der Waals surface area contributed by atoms with Crippen LogP contribution in [0.25, 0.3) is 6.08 Å². The van der Waals surface area contributed by atoms with Crippen LogP contribution in [-0.4, -0.2) is 31.4 Å². The normalized spacial score (nSPS) is 14.4. The van der Waals surface area contributed by atoms with Crippen LogP contribution in [0, 0.1) is 0 Å². The predicted molar refractivity (Wildman–Crippen MR) is 132 cm³/mol. The number of halogens is 1. The molecular weight excluding hydrogens is 484 g/mol. The Morgan fingerprint density at radius 1 is 1.00 bits per heavy atom. The van der Waals surface area contributed by atoms with Crippen LogP contribution in [0.3, 0.4) is 0 Å². The molecular formula is C26H21BrN2O4. The molecule has 33 heavy (non-hydrogen) atoms. The van der Waals surface area contributed by atoms with Crippen molar-refractivity contribution in [3.8, 4) is 5.75 Å². The molecule has 0 saturated heterocycles. The third-order valence-corrected chi connectivity index (χ3v) is 5.53. The topological polar surface area (TPSA) is 68.2 Å². The molecule has 0 atom stereocenters. The van der Waals surface area contributed by atoms with Crippen LogP contribution in [0.5, 0.6) is 5.75 Å². The Kier molecular flexibility index (Phi) is 6.70. The van der Waals surface area contributed by atoms with E-state index < -0.39 is 5.97 Å². The number of anilines is 1. The average Bonchev–Trinajstić information content (AvgIpc) is 3.16. The number of hydrogen-bond donors (Lipinski definition) is 0. The first-order chi connectivity index (χ1) is 16.0. The van der Waals surface area contributed by atoms with Gasteiger partial charge in [-0.1, -0.05) is 40.2 Å². The summed E-state index contributed by atoms with van der Waals surface area (Å²) in [6.07, 6.45) is 1.71. The minimum atomic E-state index is -0.414. The van der Waals surface area contributed by atoms with Crippen LogP contribution in [0.4, 0.5) is 5.69 Å². The number of nitrogens with zero attached hydrogens (tertiary/aromatic N) is 2. The summed E-state index contributed by atoms with van der Waals surface area (Å²) in [4.78, 5) is 31.4. The van der Waals surface area contributed by atoms with Gasteiger partial charge < -0.3 is 9.47 Å². The zero-order valence-electron chi connectivity index (χ0n) is 18.1. The molecule has 0 bridgehead atoms. The molecule has 166 valence electrons. The number of ether oxygens (including phenoxy) is 2. The van der Waals surface area contributed by atoms with Crippen molar-refractivity contribution < 1.29 is 19.1 Å². The van der Waals surface area contributed by atoms with Gasteiger partial charge in [-0.2, -0.15) is 0 Å². The summed E-state index contributed by atoms with van der Waals surface area (Å²) in [5.74, 6) is 0.614. The van der Waals surface area contributed by atoms with Crippen molar-refractivity contribution in [2.24, 2.45) is 4.99 Å². The Balaban J connectivity index is 1.73. The molecule has 3 aromatic rings. The number of amides is 1. The predicted octanol–water partition coefficient (Wildman–Crippen LogP) is 5.47. The number of rotatable bonds is 6. The van der Waals surface area contributed by atoms with Gasteiger partial charge in [-0.3, -0.25) is 9.69 Å². The SMILES string of the molecule is CCOc1ccc(N2C(=O)/C(=C\c3ccc(C(=O)OC)cc3)N=C2c2ccc(Br)cc2)cc1. The van der Waals surface area contributed by atoms with Gasteiger partial charge in [0.2, 0.25) is 0 Å². The van der Waals surface area contributed by atoms with Gasteiger partial charge in [0.15, 0.2) is 0 Å². The minimum absolute atomic E-state index is 0.242. The molecule has 1 aliphatic heterocycles. The monoisotopic (exact) mass is 504 g/mol. The maximum atomic E-state index is 13.4. The van der Waals surface area contributed by atoms with Crippen molar-refractivity contribution in [3.63, 3.8) is 0 Å². The quantitative estimate of drug-likeness (QED) is 0.329. The highest BCUT2D eigenvalue weighted by molar-refractivity contribution is 9.10. The Bertz CT molecular complexity index is 1230. The van der Waals surface area contributed by atoms with Gasteiger partial charge in [0.1, 0.15) is 17.3 Å². The van der Waals surface area contributed by atoms with Crippen LogP contribution in [0.1, 0.15) is 28.4 Å². The van der Waals surface area contributed by atoms with Gasteiger partial charge in [0.25, 0.3) is 5.91 Å². The Hall–Kier alpha value is -3.71. The van der Waals surface area contributed by atoms with Crippen molar-refractivity contribution in [2.75, 3.05) is 18.6 Å². The van der Waals surface area contributed by atoms with Crippen molar-refractivity contribution in [1.29, 1.82) is 0 Å². The molecule has 3 aromatic carbocycles. The van der Waals surface area contributed by atoms with E-state index in [-0.39, 0.29) is 5.91 Å². The van der Waals surface area contributed by atoms with Crippen LogP contribution in [-0.2, 0) is 9.53 Å². The van der Waals surface area contributed by atoms with E-state index in [1.54, 1.807) is 35.2 Å². The van der Waals surface area contributed by atoms with Crippen LogP contribution in [0.2, 0.25) is 0 Å². The number of amidine groups is 1. The molecule has 0 radical (unpaired) electrons. The Labute approximate surface area is 200 Å². The number of methoxy groups -OCH3 is 1. The molecule has 1 amide bonds. The summed E-state index contributed by atoms with van der Waals surface area (Å²) in [5, 5.41) is 0. The van der Waals surface area contributed by atoms with E-state index >= 15 is 0 Å². The first kappa shape index (κ1) is 22.5. The lowest BCUT2D eigenvalue weighted by molar-refractivity contribution is -0.113. The third-order valence-electron chi connectivity index (χ3n) is 5.00. The second kappa shape index (κ2) is 9.83. The Morgan fingerprint density at radius 3 is 2.27 bits per heavy atom. The summed E-state index contributed by atoms with van der Waals surface area (Å²) in [7, 11) is 1.34. The zero-order chi connectivity index (χ0) is 23.4. The van der Waals surface area contributed by atoms with E-state index in [9.17, 15) is 9.59 Å². The molecule has 7 heteroatoms. The van der Waals surface area contributed by atoms with Crippen LogP contribution < -0.4 is 9.64 Å². The molecule has 0 saturated carbocycles. The fraction of sp³-hybridized carbons (Fsp3) is 0.115. The maximum Gasteiger partial charge on any atom is 0.337 e. The largest absolute Gasteiger partial charge is 0.494 e. The van der Waals surface area contributed by atoms with Gasteiger partial charge in [-0.05, 0) is 67.1 Å². The summed E-state index contributed by atoms with van der Waals surface area (Å²) in [6.45, 7) is 2.49. The first-order valence-electron chi connectivity index (χ1n) is 10.3. The smallest absolute Gasteiger partial charge is 0.337 e. The highest BCUT2D eigenvalue weighted by Crippen LogP contribution is 2.29. The molecule has 0 N–H and O–H groups in total. The van der Waals surface area contributed by atoms with Crippen molar-refractivity contribution >= 4 is 45.4 Å². The molecule has 0 fully saturated rings. The second-order valence-electron chi connectivity index (χ2n) is 7.15. The molecule has 4 rings (SSSR count). The minimum Gasteiger partial charge on any atom is -0.494 e. The fourth-order valence-electron chi connectivity index (χ4n) is 3.40.